The van der Waals surface area contributed by atoms with Crippen molar-refractivity contribution in [1.29, 1.82) is 0 Å². The summed E-state index contributed by atoms with van der Waals surface area (Å²) in [4.78, 5) is 15.6. The number of phenolic OH excluding ortho intramolecular Hbond substituents is 1. The van der Waals surface area contributed by atoms with Gasteiger partial charge in [0.05, 0.1) is 18.4 Å². The van der Waals surface area contributed by atoms with Gasteiger partial charge in [-0.25, -0.2) is 5.43 Å². The molecule has 114 valence electrons. The van der Waals surface area contributed by atoms with Crippen LogP contribution in [-0.2, 0) is 0 Å². The number of nitrogens with one attached hydrogen (secondary N) is 1. The molecule has 0 atom stereocenters. The van der Waals surface area contributed by atoms with Crippen molar-refractivity contribution in [3.8, 4) is 11.5 Å². The summed E-state index contributed by atoms with van der Waals surface area (Å²) in [5.41, 5.74) is 3.19. The lowest BCUT2D eigenvalue weighted by atomic mass is 10.2. The summed E-state index contributed by atoms with van der Waals surface area (Å²) in [6.45, 7) is 2.25. The average molecular weight is 364 g/mol. The summed E-state index contributed by atoms with van der Waals surface area (Å²) in [5, 5.41) is 13.9. The lowest BCUT2D eigenvalue weighted by molar-refractivity contribution is 0.0954. The van der Waals surface area contributed by atoms with E-state index < -0.39 is 0 Å². The van der Waals surface area contributed by atoms with Crippen molar-refractivity contribution in [2.45, 2.75) is 6.92 Å². The Hall–Kier alpha value is -2.41. The standard InChI is InChI=1S/C15H14BrN3O3/c1-2-22-13-7-12(16)6-11(14(13)20)9-18-19-15(21)10-4-3-5-17-8-10/h3-9,20H,2H2,1H3,(H,19,21). The lowest BCUT2D eigenvalue weighted by Gasteiger charge is -2.08. The molecule has 22 heavy (non-hydrogen) atoms. The van der Waals surface area contributed by atoms with E-state index in [1.54, 1.807) is 30.5 Å². The Morgan fingerprint density at radius 1 is 1.55 bits per heavy atom. The number of phenols is 1. The second-order valence-corrected chi connectivity index (χ2v) is 5.13. The third kappa shape index (κ3) is 4.05. The third-order valence-electron chi connectivity index (χ3n) is 2.66. The molecule has 0 fully saturated rings. The number of ether oxygens (including phenoxy) is 1. The highest BCUT2D eigenvalue weighted by Gasteiger charge is 2.09. The van der Waals surface area contributed by atoms with Gasteiger partial charge in [0.1, 0.15) is 0 Å². The van der Waals surface area contributed by atoms with Gasteiger partial charge in [-0.3, -0.25) is 9.78 Å². The molecule has 2 rings (SSSR count). The molecule has 2 N–H and O–H groups in total. The highest BCUT2D eigenvalue weighted by Crippen LogP contribution is 2.32. The smallest absolute Gasteiger partial charge is 0.272 e. The zero-order chi connectivity index (χ0) is 15.9. The van der Waals surface area contributed by atoms with E-state index in [0.717, 1.165) is 4.47 Å². The molecule has 1 heterocycles. The van der Waals surface area contributed by atoms with Crippen LogP contribution in [0.2, 0.25) is 0 Å². The van der Waals surface area contributed by atoms with Crippen molar-refractivity contribution in [3.63, 3.8) is 0 Å². The monoisotopic (exact) mass is 363 g/mol. The first-order chi connectivity index (χ1) is 10.6. The zero-order valence-corrected chi connectivity index (χ0v) is 13.4. The first kappa shape index (κ1) is 16.0. The van der Waals surface area contributed by atoms with Crippen LogP contribution in [0.15, 0.2) is 46.2 Å². The predicted molar refractivity (Wildman–Crippen MR) is 86.3 cm³/mol. The Kier molecular flexibility index (Phi) is 5.48. The molecule has 0 unspecified atom stereocenters. The number of nitrogens with zero attached hydrogens (tertiary/aromatic N) is 2. The van der Waals surface area contributed by atoms with Gasteiger partial charge in [-0.15, -0.1) is 0 Å². The number of benzene rings is 1. The van der Waals surface area contributed by atoms with Gasteiger partial charge in [0.2, 0.25) is 0 Å². The second-order valence-electron chi connectivity index (χ2n) is 4.22. The van der Waals surface area contributed by atoms with Crippen LogP contribution < -0.4 is 10.2 Å². The largest absolute Gasteiger partial charge is 0.504 e. The van der Waals surface area contributed by atoms with E-state index in [1.807, 2.05) is 6.92 Å². The van der Waals surface area contributed by atoms with Crippen LogP contribution in [0.25, 0.3) is 0 Å². The number of rotatable bonds is 5. The van der Waals surface area contributed by atoms with Crippen molar-refractivity contribution in [2.75, 3.05) is 6.61 Å². The van der Waals surface area contributed by atoms with E-state index in [2.05, 4.69) is 31.4 Å². The van der Waals surface area contributed by atoms with E-state index in [9.17, 15) is 9.90 Å². The van der Waals surface area contributed by atoms with Crippen LogP contribution in [-0.4, -0.2) is 28.8 Å². The maximum absolute atomic E-state index is 11.8. The van der Waals surface area contributed by atoms with Crippen LogP contribution in [0.3, 0.4) is 0 Å². The van der Waals surface area contributed by atoms with Gasteiger partial charge in [-0.05, 0) is 31.2 Å². The molecular formula is C15H14BrN3O3. The number of carbonyl (C=O) groups excluding carboxylic acids is 1. The first-order valence-electron chi connectivity index (χ1n) is 6.50. The molecule has 0 saturated carbocycles. The van der Waals surface area contributed by atoms with Crippen LogP contribution in [0.5, 0.6) is 11.5 Å². The summed E-state index contributed by atoms with van der Waals surface area (Å²) >= 11 is 3.33. The summed E-state index contributed by atoms with van der Waals surface area (Å²) < 4.78 is 6.05. The van der Waals surface area contributed by atoms with Crippen LogP contribution in [0.4, 0.5) is 0 Å². The molecule has 0 aliphatic carbocycles. The molecule has 0 aliphatic rings. The molecule has 0 aliphatic heterocycles. The Morgan fingerprint density at radius 2 is 2.36 bits per heavy atom. The third-order valence-corrected chi connectivity index (χ3v) is 3.12. The summed E-state index contributed by atoms with van der Waals surface area (Å²) in [6.07, 6.45) is 4.36. The van der Waals surface area contributed by atoms with E-state index in [4.69, 9.17) is 4.74 Å². The second kappa shape index (κ2) is 7.56. The van der Waals surface area contributed by atoms with Gasteiger partial charge in [0.15, 0.2) is 11.5 Å². The molecule has 0 radical (unpaired) electrons. The minimum absolute atomic E-state index is 0.0376. The van der Waals surface area contributed by atoms with Crippen LogP contribution >= 0.6 is 15.9 Å². The van der Waals surface area contributed by atoms with Crippen molar-refractivity contribution in [1.82, 2.24) is 10.4 Å². The number of halogens is 1. The number of aromatic nitrogens is 1. The Balaban J connectivity index is 2.12. The van der Waals surface area contributed by atoms with Gasteiger partial charge in [0.25, 0.3) is 5.91 Å². The van der Waals surface area contributed by atoms with Crippen molar-refractivity contribution in [2.24, 2.45) is 5.10 Å². The van der Waals surface area contributed by atoms with Crippen molar-refractivity contribution >= 4 is 28.1 Å². The predicted octanol–water partition coefficient (Wildman–Crippen LogP) is 2.71. The minimum Gasteiger partial charge on any atom is -0.504 e. The fraction of sp³-hybridized carbons (Fsp3) is 0.133. The summed E-state index contributed by atoms with van der Waals surface area (Å²) in [5.74, 6) is -0.0785. The topological polar surface area (TPSA) is 83.8 Å². The Bertz CT molecular complexity index is 690. The number of pyridine rings is 1. The molecule has 1 amide bonds. The Morgan fingerprint density at radius 3 is 3.05 bits per heavy atom. The highest BCUT2D eigenvalue weighted by molar-refractivity contribution is 9.10. The van der Waals surface area contributed by atoms with Crippen LogP contribution in [0, 0.1) is 0 Å². The van der Waals surface area contributed by atoms with Gasteiger partial charge in [-0.1, -0.05) is 15.9 Å². The summed E-state index contributed by atoms with van der Waals surface area (Å²) in [6, 6.07) is 6.61. The highest BCUT2D eigenvalue weighted by atomic mass is 79.9. The van der Waals surface area contributed by atoms with E-state index >= 15 is 0 Å². The number of amides is 1. The molecule has 1 aromatic heterocycles. The van der Waals surface area contributed by atoms with E-state index in [1.165, 1.54) is 12.4 Å². The molecule has 0 bridgehead atoms. The Labute approximate surface area is 136 Å². The first-order valence-corrected chi connectivity index (χ1v) is 7.30. The minimum atomic E-state index is -0.385. The number of hydrogen-bond acceptors (Lipinski definition) is 5. The molecule has 7 heteroatoms. The summed E-state index contributed by atoms with van der Waals surface area (Å²) in [7, 11) is 0. The molecule has 0 saturated heterocycles. The fourth-order valence-electron chi connectivity index (χ4n) is 1.68. The number of carbonyl (C=O) groups is 1. The van der Waals surface area contributed by atoms with Crippen LogP contribution in [0.1, 0.15) is 22.8 Å². The number of aromatic hydroxyl groups is 1. The number of hydrazone groups is 1. The van der Waals surface area contributed by atoms with Gasteiger partial charge in [0, 0.05) is 22.4 Å². The van der Waals surface area contributed by atoms with Gasteiger partial charge in [-0.2, -0.15) is 5.10 Å². The molecule has 6 nitrogen and oxygen atoms in total. The quantitative estimate of drug-likeness (QED) is 0.631. The molecular weight excluding hydrogens is 350 g/mol. The lowest BCUT2D eigenvalue weighted by Crippen LogP contribution is -2.17. The van der Waals surface area contributed by atoms with E-state index in [0.29, 0.717) is 23.5 Å². The van der Waals surface area contributed by atoms with Crippen molar-refractivity contribution in [3.05, 3.63) is 52.3 Å². The SMILES string of the molecule is CCOc1cc(Br)cc(C=NNC(=O)c2cccnc2)c1O. The molecule has 2 aromatic rings. The maximum atomic E-state index is 11.8. The normalized spacial score (nSPS) is 10.6. The maximum Gasteiger partial charge on any atom is 0.272 e. The number of hydrogen-bond donors (Lipinski definition) is 2. The van der Waals surface area contributed by atoms with Gasteiger partial charge < -0.3 is 9.84 Å². The zero-order valence-electron chi connectivity index (χ0n) is 11.8. The molecule has 0 spiro atoms. The fourth-order valence-corrected chi connectivity index (χ4v) is 2.13. The van der Waals surface area contributed by atoms with E-state index in [-0.39, 0.29) is 11.7 Å². The average Bonchev–Trinajstić information content (AvgIpc) is 2.52. The van der Waals surface area contributed by atoms with Crippen molar-refractivity contribution < 1.29 is 14.6 Å². The molecule has 1 aromatic carbocycles. The van der Waals surface area contributed by atoms with Gasteiger partial charge >= 0.3 is 0 Å².